The highest BCUT2D eigenvalue weighted by molar-refractivity contribution is 5.70. The molecule has 2 heterocycles. The molecule has 2 aliphatic rings. The fraction of sp³-hybridized carbons (Fsp3) is 0.771. The van der Waals surface area contributed by atoms with E-state index in [2.05, 4.69) is 39.5 Å². The van der Waals surface area contributed by atoms with Crippen LogP contribution in [0.3, 0.4) is 0 Å². The molecule has 1 amide bonds. The van der Waals surface area contributed by atoms with Crippen LogP contribution in [0.4, 0.5) is 4.79 Å². The quantitative estimate of drug-likeness (QED) is 0.0587. The zero-order chi connectivity index (χ0) is 33.9. The van der Waals surface area contributed by atoms with Crippen molar-refractivity contribution < 1.29 is 43.6 Å². The second kappa shape index (κ2) is 17.6. The van der Waals surface area contributed by atoms with Gasteiger partial charge in [0, 0.05) is 24.8 Å². The molecule has 258 valence electrons. The van der Waals surface area contributed by atoms with Crippen molar-refractivity contribution >= 4 is 12.1 Å². The van der Waals surface area contributed by atoms with Crippen molar-refractivity contribution in [3.8, 4) is 0 Å². The Morgan fingerprint density at radius 1 is 1.27 bits per heavy atom. The zero-order valence-corrected chi connectivity index (χ0v) is 29.1. The lowest BCUT2D eigenvalue weighted by Crippen LogP contribution is -2.44. The predicted molar refractivity (Wildman–Crippen MR) is 175 cm³/mol. The van der Waals surface area contributed by atoms with Gasteiger partial charge >= 0.3 is 12.1 Å². The second-order valence-corrected chi connectivity index (χ2v) is 14.5. The Morgan fingerprint density at radius 2 is 1.96 bits per heavy atom. The van der Waals surface area contributed by atoms with E-state index in [1.54, 1.807) is 19.1 Å². The van der Waals surface area contributed by atoms with Gasteiger partial charge in [0.15, 0.2) is 6.10 Å². The smallest absolute Gasteiger partial charge is 0.407 e. The normalized spacial score (nSPS) is 32.2. The summed E-state index contributed by atoms with van der Waals surface area (Å²) in [4.78, 5) is 25.4. The van der Waals surface area contributed by atoms with Crippen molar-refractivity contribution in [3.05, 3.63) is 36.0 Å². The predicted octanol–water partition coefficient (Wildman–Crippen LogP) is 4.28. The fourth-order valence-corrected chi connectivity index (χ4v) is 5.69. The minimum absolute atomic E-state index is 0.0964. The highest BCUT2D eigenvalue weighted by Gasteiger charge is 2.45. The number of nitrogens with one attached hydrogen (secondary N) is 1. The number of hydrogen-bond donors (Lipinski definition) is 4. The monoisotopic (exact) mass is 637 g/mol. The largest absolute Gasteiger partial charge is 0.457 e. The highest BCUT2D eigenvalue weighted by Crippen LogP contribution is 2.36. The van der Waals surface area contributed by atoms with E-state index in [1.807, 2.05) is 39.8 Å². The fourth-order valence-electron chi connectivity index (χ4n) is 5.69. The average molecular weight is 638 g/mol. The number of carbonyl (C=O) groups is 2. The minimum Gasteiger partial charge on any atom is -0.457 e. The Balaban J connectivity index is 2.12. The van der Waals surface area contributed by atoms with Gasteiger partial charge in [-0.2, -0.15) is 0 Å². The molecule has 0 aliphatic carbocycles. The SMILES string of the molecule is CC[C@H](O)[C@@H](C)[C@H]1O[C@@H]1C[C@H](C)C=CC=C(C)[C@H]1OC(=O)C[C@H](O)CC[C@@](C)(O)[C@@H](OC(=O)NCCC[N+](C)(C)C)C=C[C@@H]1C. The highest BCUT2D eigenvalue weighted by atomic mass is 16.6. The van der Waals surface area contributed by atoms with Crippen LogP contribution >= 0.6 is 0 Å². The summed E-state index contributed by atoms with van der Waals surface area (Å²) in [7, 11) is 6.25. The van der Waals surface area contributed by atoms with E-state index in [9.17, 15) is 24.9 Å². The standard InChI is InChI=1S/C35H60N2O8/c1-10-28(39)26(5)33-29(43-33)21-23(2)13-11-14-24(3)32-25(4)15-16-30(44-34(41)36-19-12-20-37(7,8)9)35(6,42)18-17-27(38)22-31(40)45-32/h11,13-16,23,25-30,32-33,38-39,42H,10,12,17-22H2,1-9H3/p+1/t23-,25+,26-,27-,28+,29-,30+,32-,33-,35-/m1/s1. The number of nitrogens with zero attached hydrogens (tertiary/aromatic N) is 1. The van der Waals surface area contributed by atoms with Gasteiger partial charge in [0.1, 0.15) is 11.7 Å². The number of carbonyl (C=O) groups excluding carboxylic acids is 2. The van der Waals surface area contributed by atoms with Gasteiger partial charge in [-0.05, 0) is 57.1 Å². The van der Waals surface area contributed by atoms with E-state index >= 15 is 0 Å². The number of aliphatic hydroxyl groups excluding tert-OH is 2. The molecule has 0 saturated carbocycles. The molecule has 0 spiro atoms. The van der Waals surface area contributed by atoms with Crippen molar-refractivity contribution in [3.63, 3.8) is 0 Å². The first kappa shape index (κ1) is 38.9. The Hall–Kier alpha value is -2.24. The van der Waals surface area contributed by atoms with E-state index in [-0.39, 0.29) is 55.3 Å². The third-order valence-corrected chi connectivity index (χ3v) is 8.85. The number of esters is 1. The number of ether oxygens (including phenoxy) is 3. The maximum absolute atomic E-state index is 12.8. The topological polar surface area (TPSA) is 138 Å². The van der Waals surface area contributed by atoms with Gasteiger partial charge in [0.25, 0.3) is 0 Å². The van der Waals surface area contributed by atoms with Gasteiger partial charge in [0.05, 0.1) is 58.5 Å². The van der Waals surface area contributed by atoms with E-state index < -0.39 is 36.0 Å². The van der Waals surface area contributed by atoms with Crippen LogP contribution in [0.1, 0.15) is 80.1 Å². The van der Waals surface area contributed by atoms with E-state index in [0.717, 1.165) is 29.4 Å². The molecule has 10 heteroatoms. The number of rotatable bonds is 13. The van der Waals surface area contributed by atoms with Crippen LogP contribution in [0.2, 0.25) is 0 Å². The second-order valence-electron chi connectivity index (χ2n) is 14.5. The Labute approximate surface area is 271 Å². The van der Waals surface area contributed by atoms with Crippen LogP contribution in [0.5, 0.6) is 0 Å². The summed E-state index contributed by atoms with van der Waals surface area (Å²) in [5.41, 5.74) is -0.648. The molecule has 0 bridgehead atoms. The number of amides is 1. The molecule has 1 fully saturated rings. The molecular weight excluding hydrogens is 576 g/mol. The third kappa shape index (κ3) is 14.0. The van der Waals surface area contributed by atoms with Gasteiger partial charge in [0.2, 0.25) is 0 Å². The summed E-state index contributed by atoms with van der Waals surface area (Å²) in [5.74, 6) is -0.461. The first-order chi connectivity index (χ1) is 20.9. The van der Waals surface area contributed by atoms with Crippen molar-refractivity contribution in [1.29, 1.82) is 0 Å². The van der Waals surface area contributed by atoms with Crippen LogP contribution in [0.25, 0.3) is 0 Å². The summed E-state index contributed by atoms with van der Waals surface area (Å²) in [6.45, 7) is 12.8. The molecular formula is C35H61N2O8+. The van der Waals surface area contributed by atoms with Gasteiger partial charge in [-0.3, -0.25) is 4.79 Å². The third-order valence-electron chi connectivity index (χ3n) is 8.85. The van der Waals surface area contributed by atoms with Crippen LogP contribution in [0.15, 0.2) is 36.0 Å². The zero-order valence-electron chi connectivity index (χ0n) is 29.1. The van der Waals surface area contributed by atoms with Gasteiger partial charge in [-0.25, -0.2) is 4.79 Å². The molecule has 4 N–H and O–H groups in total. The lowest BCUT2D eigenvalue weighted by Gasteiger charge is -2.32. The summed E-state index contributed by atoms with van der Waals surface area (Å²) in [6.07, 6.45) is 8.50. The van der Waals surface area contributed by atoms with E-state index in [0.29, 0.717) is 13.0 Å². The first-order valence-corrected chi connectivity index (χ1v) is 16.6. The molecule has 0 aromatic rings. The summed E-state index contributed by atoms with van der Waals surface area (Å²) >= 11 is 0. The minimum atomic E-state index is -1.46. The summed E-state index contributed by atoms with van der Waals surface area (Å²) in [5, 5.41) is 34.7. The summed E-state index contributed by atoms with van der Waals surface area (Å²) < 4.78 is 18.2. The van der Waals surface area contributed by atoms with Gasteiger partial charge < -0.3 is 39.3 Å². The van der Waals surface area contributed by atoms with Gasteiger partial charge in [-0.1, -0.05) is 52.0 Å². The van der Waals surface area contributed by atoms with Crippen molar-refractivity contribution in [2.24, 2.45) is 17.8 Å². The number of hydrogen-bond acceptors (Lipinski definition) is 8. The average Bonchev–Trinajstić information content (AvgIpc) is 3.71. The number of allylic oxidation sites excluding steroid dienone is 3. The Bertz CT molecular complexity index is 1030. The van der Waals surface area contributed by atoms with Crippen LogP contribution in [0, 0.1) is 17.8 Å². The van der Waals surface area contributed by atoms with Crippen LogP contribution < -0.4 is 5.32 Å². The molecule has 1 saturated heterocycles. The lowest BCUT2D eigenvalue weighted by molar-refractivity contribution is -0.870. The molecule has 0 aromatic heterocycles. The summed E-state index contributed by atoms with van der Waals surface area (Å²) in [6, 6.07) is 0. The molecule has 10 atom stereocenters. The van der Waals surface area contributed by atoms with Crippen LogP contribution in [-0.4, -0.2) is 108 Å². The molecule has 45 heavy (non-hydrogen) atoms. The number of quaternary nitrogens is 1. The number of epoxide rings is 1. The maximum atomic E-state index is 12.8. The molecule has 0 unspecified atom stereocenters. The molecule has 0 aromatic carbocycles. The Morgan fingerprint density at radius 3 is 2.60 bits per heavy atom. The van der Waals surface area contributed by atoms with Crippen molar-refractivity contribution in [2.75, 3.05) is 34.2 Å². The molecule has 10 nitrogen and oxygen atoms in total. The van der Waals surface area contributed by atoms with Crippen LogP contribution in [-0.2, 0) is 19.0 Å². The van der Waals surface area contributed by atoms with Gasteiger partial charge in [-0.15, -0.1) is 0 Å². The molecule has 2 rings (SSSR count). The number of alkyl carbamates (subject to hydrolysis) is 1. The lowest BCUT2D eigenvalue weighted by atomic mass is 9.88. The van der Waals surface area contributed by atoms with E-state index in [1.165, 1.54) is 0 Å². The Kier molecular flexibility index (Phi) is 15.2. The first-order valence-electron chi connectivity index (χ1n) is 16.6. The van der Waals surface area contributed by atoms with Crippen molar-refractivity contribution in [2.45, 2.75) is 122 Å². The number of cyclic esters (lactones) is 1. The molecule has 2 aliphatic heterocycles. The number of aliphatic hydroxyl groups is 3. The molecule has 0 radical (unpaired) electrons. The van der Waals surface area contributed by atoms with Crippen molar-refractivity contribution in [1.82, 2.24) is 5.32 Å². The maximum Gasteiger partial charge on any atom is 0.407 e. The van der Waals surface area contributed by atoms with E-state index in [4.69, 9.17) is 14.2 Å².